The molecule has 19 heavy (non-hydrogen) atoms. The molecule has 1 N–H and O–H groups in total. The quantitative estimate of drug-likeness (QED) is 0.679. The summed E-state index contributed by atoms with van der Waals surface area (Å²) in [6.45, 7) is 3.82. The number of halogens is 1. The first-order valence-corrected chi connectivity index (χ1v) is 5.58. The molecule has 0 aliphatic heterocycles. The van der Waals surface area contributed by atoms with Crippen LogP contribution in [0.1, 0.15) is 17.3 Å². The molecule has 0 unspecified atom stereocenters. The Bertz CT molecular complexity index is 605. The third-order valence-electron chi connectivity index (χ3n) is 2.67. The number of nitro benzene ring substituents is 1. The summed E-state index contributed by atoms with van der Waals surface area (Å²) in [5.41, 5.74) is 0.658. The summed E-state index contributed by atoms with van der Waals surface area (Å²) in [7, 11) is 0. The summed E-state index contributed by atoms with van der Waals surface area (Å²) >= 11 is 0. The maximum absolute atomic E-state index is 13.6. The van der Waals surface area contributed by atoms with Crippen LogP contribution in [0.15, 0.2) is 22.6 Å². The van der Waals surface area contributed by atoms with Gasteiger partial charge < -0.3 is 9.73 Å². The molecule has 0 saturated heterocycles. The fourth-order valence-corrected chi connectivity index (χ4v) is 1.55. The molecule has 1 aromatic carbocycles. The van der Waals surface area contributed by atoms with Gasteiger partial charge in [-0.25, -0.2) is 9.37 Å². The molecule has 0 saturated carbocycles. The van der Waals surface area contributed by atoms with Crippen molar-refractivity contribution in [3.8, 4) is 0 Å². The first-order chi connectivity index (χ1) is 8.97. The molecule has 7 heteroatoms. The zero-order valence-corrected chi connectivity index (χ0v) is 10.4. The largest absolute Gasteiger partial charge is 0.444 e. The first kappa shape index (κ1) is 13.0. The van der Waals surface area contributed by atoms with Crippen molar-refractivity contribution in [2.75, 3.05) is 5.32 Å². The molecule has 2 rings (SSSR count). The van der Waals surface area contributed by atoms with E-state index in [0.29, 0.717) is 11.7 Å². The molecule has 0 radical (unpaired) electrons. The Hall–Kier alpha value is -2.44. The highest BCUT2D eigenvalue weighted by Gasteiger charge is 2.11. The van der Waals surface area contributed by atoms with Crippen LogP contribution in [0.2, 0.25) is 0 Å². The highest BCUT2D eigenvalue weighted by atomic mass is 19.1. The topological polar surface area (TPSA) is 81.2 Å². The number of rotatable bonds is 4. The lowest BCUT2D eigenvalue weighted by Crippen LogP contribution is -2.02. The van der Waals surface area contributed by atoms with E-state index in [1.54, 1.807) is 6.92 Å². The molecule has 6 nitrogen and oxygen atoms in total. The smallest absolute Gasteiger partial charge is 0.272 e. The van der Waals surface area contributed by atoms with Gasteiger partial charge in [-0.2, -0.15) is 0 Å². The molecule has 100 valence electrons. The summed E-state index contributed by atoms with van der Waals surface area (Å²) in [5.74, 6) is 0.461. The van der Waals surface area contributed by atoms with Crippen molar-refractivity contribution in [3.05, 3.63) is 51.5 Å². The van der Waals surface area contributed by atoms with Crippen LogP contribution in [0, 0.1) is 29.8 Å². The minimum Gasteiger partial charge on any atom is -0.444 e. The number of nitrogens with one attached hydrogen (secondary N) is 1. The second-order valence-electron chi connectivity index (χ2n) is 4.02. The number of oxazole rings is 1. The average molecular weight is 265 g/mol. The van der Waals surface area contributed by atoms with Crippen LogP contribution in [0.4, 0.5) is 15.8 Å². The van der Waals surface area contributed by atoms with Crippen molar-refractivity contribution in [3.63, 3.8) is 0 Å². The van der Waals surface area contributed by atoms with Gasteiger partial charge in [-0.05, 0) is 19.9 Å². The van der Waals surface area contributed by atoms with Crippen molar-refractivity contribution in [1.29, 1.82) is 0 Å². The molecule has 0 spiro atoms. The average Bonchev–Trinajstić information content (AvgIpc) is 2.67. The number of aromatic nitrogens is 1. The monoisotopic (exact) mass is 265 g/mol. The minimum absolute atomic E-state index is 0.166. The van der Waals surface area contributed by atoms with Gasteiger partial charge in [0.2, 0.25) is 5.89 Å². The molecule has 1 aromatic heterocycles. The summed E-state index contributed by atoms with van der Waals surface area (Å²) in [6, 6.07) is 3.42. The molecule has 1 heterocycles. The first-order valence-electron chi connectivity index (χ1n) is 5.58. The van der Waals surface area contributed by atoms with E-state index in [2.05, 4.69) is 10.3 Å². The van der Waals surface area contributed by atoms with E-state index in [1.165, 1.54) is 12.1 Å². The molecular formula is C12H12FN3O3. The summed E-state index contributed by atoms with van der Waals surface area (Å²) < 4.78 is 18.9. The lowest BCUT2D eigenvalue weighted by atomic mass is 10.2. The van der Waals surface area contributed by atoms with E-state index < -0.39 is 10.7 Å². The van der Waals surface area contributed by atoms with Crippen molar-refractivity contribution in [2.24, 2.45) is 0 Å². The Morgan fingerprint density at radius 3 is 2.74 bits per heavy atom. The molecule has 2 aromatic rings. The highest BCUT2D eigenvalue weighted by molar-refractivity contribution is 5.50. The molecule has 0 aliphatic carbocycles. The normalized spacial score (nSPS) is 10.5. The van der Waals surface area contributed by atoms with Crippen LogP contribution in [-0.4, -0.2) is 9.91 Å². The van der Waals surface area contributed by atoms with E-state index in [1.807, 2.05) is 6.92 Å². The standard InChI is InChI=1S/C12H12FN3O3/c1-7-8(2)19-12(15-7)6-14-11-4-3-9(16(17)18)5-10(11)13/h3-5,14H,6H2,1-2H3. The molecule has 0 fully saturated rings. The SMILES string of the molecule is Cc1nc(CNc2ccc([N+](=O)[O-])cc2F)oc1C. The van der Waals surface area contributed by atoms with Gasteiger partial charge in [-0.15, -0.1) is 0 Å². The number of anilines is 1. The Morgan fingerprint density at radius 2 is 2.21 bits per heavy atom. The molecule has 0 aliphatic rings. The summed E-state index contributed by atoms with van der Waals surface area (Å²) in [5, 5.41) is 13.3. The molecule has 0 amide bonds. The Morgan fingerprint density at radius 1 is 1.47 bits per heavy atom. The predicted molar refractivity (Wildman–Crippen MR) is 66.4 cm³/mol. The molecule has 0 bridgehead atoms. The maximum atomic E-state index is 13.6. The number of hydrogen-bond acceptors (Lipinski definition) is 5. The van der Waals surface area contributed by atoms with Crippen molar-refractivity contribution in [2.45, 2.75) is 20.4 Å². The van der Waals surface area contributed by atoms with Gasteiger partial charge in [0, 0.05) is 6.07 Å². The van der Waals surface area contributed by atoms with Crippen LogP contribution in [0.5, 0.6) is 0 Å². The molecule has 0 atom stereocenters. The van der Waals surface area contributed by atoms with E-state index in [-0.39, 0.29) is 17.9 Å². The highest BCUT2D eigenvalue weighted by Crippen LogP contribution is 2.21. The molecular weight excluding hydrogens is 253 g/mol. The number of hydrogen-bond donors (Lipinski definition) is 1. The van der Waals surface area contributed by atoms with Gasteiger partial charge >= 0.3 is 0 Å². The van der Waals surface area contributed by atoms with Crippen LogP contribution in [0.25, 0.3) is 0 Å². The number of benzene rings is 1. The van der Waals surface area contributed by atoms with Crippen molar-refractivity contribution in [1.82, 2.24) is 4.98 Å². The van der Waals surface area contributed by atoms with E-state index >= 15 is 0 Å². The van der Waals surface area contributed by atoms with Gasteiger partial charge in [0.15, 0.2) is 5.82 Å². The lowest BCUT2D eigenvalue weighted by Gasteiger charge is -2.04. The van der Waals surface area contributed by atoms with E-state index in [4.69, 9.17) is 4.42 Å². The zero-order valence-electron chi connectivity index (χ0n) is 10.4. The van der Waals surface area contributed by atoms with E-state index in [9.17, 15) is 14.5 Å². The lowest BCUT2D eigenvalue weighted by molar-refractivity contribution is -0.385. The summed E-state index contributed by atoms with van der Waals surface area (Å²) in [4.78, 5) is 14.0. The predicted octanol–water partition coefficient (Wildman–Crippen LogP) is 2.95. The minimum atomic E-state index is -0.686. The van der Waals surface area contributed by atoms with Gasteiger partial charge in [-0.3, -0.25) is 10.1 Å². The number of non-ortho nitro benzene ring substituents is 1. The number of nitro groups is 1. The Balaban J connectivity index is 2.09. The second kappa shape index (κ2) is 5.05. The third-order valence-corrected chi connectivity index (χ3v) is 2.67. The zero-order chi connectivity index (χ0) is 14.0. The second-order valence-corrected chi connectivity index (χ2v) is 4.02. The van der Waals surface area contributed by atoms with Gasteiger partial charge in [0.25, 0.3) is 5.69 Å². The summed E-state index contributed by atoms with van der Waals surface area (Å²) in [6.07, 6.45) is 0. The fourth-order valence-electron chi connectivity index (χ4n) is 1.55. The van der Waals surface area contributed by atoms with Crippen LogP contribution >= 0.6 is 0 Å². The van der Waals surface area contributed by atoms with Gasteiger partial charge in [0.1, 0.15) is 5.76 Å². The van der Waals surface area contributed by atoms with Gasteiger partial charge in [0.05, 0.1) is 28.9 Å². The Kier molecular flexibility index (Phi) is 3.46. The van der Waals surface area contributed by atoms with Crippen LogP contribution in [-0.2, 0) is 6.54 Å². The Labute approximate surface area is 108 Å². The van der Waals surface area contributed by atoms with E-state index in [0.717, 1.165) is 11.8 Å². The number of aryl methyl sites for hydroxylation is 2. The van der Waals surface area contributed by atoms with Crippen LogP contribution in [0.3, 0.4) is 0 Å². The van der Waals surface area contributed by atoms with Crippen molar-refractivity contribution >= 4 is 11.4 Å². The maximum Gasteiger partial charge on any atom is 0.272 e. The van der Waals surface area contributed by atoms with Crippen molar-refractivity contribution < 1.29 is 13.7 Å². The number of nitrogens with zero attached hydrogens (tertiary/aromatic N) is 2. The fraction of sp³-hybridized carbons (Fsp3) is 0.250. The van der Waals surface area contributed by atoms with Crippen LogP contribution < -0.4 is 5.32 Å². The van der Waals surface area contributed by atoms with Gasteiger partial charge in [-0.1, -0.05) is 0 Å². The third kappa shape index (κ3) is 2.87.